The van der Waals surface area contributed by atoms with Crippen LogP contribution in [0.1, 0.15) is 181 Å². The van der Waals surface area contributed by atoms with Gasteiger partial charge in [0.15, 0.2) is 6.10 Å². The van der Waals surface area contributed by atoms with Crippen molar-refractivity contribution in [2.75, 3.05) is 13.2 Å². The first-order chi connectivity index (χ1) is 24.6. The Bertz CT molecular complexity index is 926. The van der Waals surface area contributed by atoms with Crippen molar-refractivity contribution >= 4 is 11.9 Å². The number of allylic oxidation sites excluding steroid dienone is 12. The van der Waals surface area contributed by atoms with Gasteiger partial charge < -0.3 is 14.6 Å². The van der Waals surface area contributed by atoms with Crippen LogP contribution in [0.25, 0.3) is 0 Å². The lowest BCUT2D eigenvalue weighted by Crippen LogP contribution is -2.28. The average Bonchev–Trinajstić information content (AvgIpc) is 3.12. The molecule has 0 radical (unpaired) electrons. The zero-order valence-electron chi connectivity index (χ0n) is 32.4. The Kier molecular flexibility index (Phi) is 38.6. The van der Waals surface area contributed by atoms with Gasteiger partial charge in [0.1, 0.15) is 6.61 Å². The average molecular weight is 697 g/mol. The Labute approximate surface area is 308 Å². The van der Waals surface area contributed by atoms with Crippen molar-refractivity contribution in [2.45, 2.75) is 187 Å². The van der Waals surface area contributed by atoms with Crippen LogP contribution in [-0.2, 0) is 19.1 Å². The van der Waals surface area contributed by atoms with E-state index in [1.54, 1.807) is 0 Å². The molecule has 0 rings (SSSR count). The molecule has 1 atom stereocenters. The van der Waals surface area contributed by atoms with Crippen LogP contribution in [-0.4, -0.2) is 36.4 Å². The molecular formula is C45H76O5. The number of hydrogen-bond donors (Lipinski definition) is 1. The van der Waals surface area contributed by atoms with E-state index in [1.165, 1.54) is 77.0 Å². The van der Waals surface area contributed by atoms with Gasteiger partial charge in [0.2, 0.25) is 0 Å². The molecule has 0 spiro atoms. The van der Waals surface area contributed by atoms with E-state index in [1.807, 2.05) is 0 Å². The van der Waals surface area contributed by atoms with E-state index >= 15 is 0 Å². The summed E-state index contributed by atoms with van der Waals surface area (Å²) < 4.78 is 10.6. The van der Waals surface area contributed by atoms with Gasteiger partial charge in [0.25, 0.3) is 0 Å². The molecule has 0 aromatic rings. The largest absolute Gasteiger partial charge is 0.462 e. The van der Waals surface area contributed by atoms with Crippen molar-refractivity contribution in [1.82, 2.24) is 0 Å². The number of carbonyl (C=O) groups is 2. The highest BCUT2D eigenvalue weighted by Gasteiger charge is 2.16. The van der Waals surface area contributed by atoms with Gasteiger partial charge in [-0.25, -0.2) is 0 Å². The zero-order chi connectivity index (χ0) is 36.4. The molecule has 5 nitrogen and oxygen atoms in total. The standard InChI is InChI=1S/C45H76O5/c1-3-5-7-9-11-13-15-17-19-21-22-24-26-28-30-32-34-36-38-40-45(48)50-43(41-46)42-49-44(47)39-37-35-33-31-29-27-25-23-20-18-16-14-12-10-8-6-4-2/h11-14,17-20,22,24,28,30,43,46H,3-10,15-16,21,23,25-27,29,31-42H2,1-2H3/b13-11+,14-12+,19-17+,20-18+,24-22+,30-28+/t43-/m0/s1. The number of rotatable bonds is 36. The molecule has 0 bridgehead atoms. The number of aliphatic hydroxyl groups is 1. The predicted molar refractivity (Wildman–Crippen MR) is 214 cm³/mol. The molecule has 0 aliphatic heterocycles. The van der Waals surface area contributed by atoms with Crippen LogP contribution in [0.2, 0.25) is 0 Å². The first-order valence-electron chi connectivity index (χ1n) is 20.5. The molecule has 0 aromatic heterocycles. The second-order valence-electron chi connectivity index (χ2n) is 13.4. The molecule has 5 heteroatoms. The maximum absolute atomic E-state index is 12.2. The lowest BCUT2D eigenvalue weighted by molar-refractivity contribution is -0.161. The Morgan fingerprint density at radius 3 is 1.22 bits per heavy atom. The molecule has 286 valence electrons. The second kappa shape index (κ2) is 40.8. The highest BCUT2D eigenvalue weighted by molar-refractivity contribution is 5.70. The van der Waals surface area contributed by atoms with Crippen LogP contribution in [0.3, 0.4) is 0 Å². The Morgan fingerprint density at radius 2 is 0.800 bits per heavy atom. The highest BCUT2D eigenvalue weighted by atomic mass is 16.6. The minimum absolute atomic E-state index is 0.0865. The maximum atomic E-state index is 12.2. The SMILES string of the molecule is CCCCC/C=C/C/C=C/C/C=C/C/C=C/CCCCCC(=O)O[C@@H](CO)COC(=O)CCCCCCCCC/C=C/C/C=C/CCCCC. The molecule has 0 amide bonds. The third-order valence-electron chi connectivity index (χ3n) is 8.47. The third-order valence-corrected chi connectivity index (χ3v) is 8.47. The molecule has 0 aliphatic carbocycles. The van der Waals surface area contributed by atoms with E-state index in [2.05, 4.69) is 86.8 Å². The summed E-state index contributed by atoms with van der Waals surface area (Å²) in [6.07, 6.45) is 53.8. The number of hydrogen-bond acceptors (Lipinski definition) is 5. The fourth-order valence-corrected chi connectivity index (χ4v) is 5.33. The van der Waals surface area contributed by atoms with Crippen molar-refractivity contribution in [3.05, 3.63) is 72.9 Å². The van der Waals surface area contributed by atoms with Gasteiger partial charge in [-0.3, -0.25) is 9.59 Å². The summed E-state index contributed by atoms with van der Waals surface area (Å²) in [7, 11) is 0. The minimum Gasteiger partial charge on any atom is -0.462 e. The molecule has 0 saturated heterocycles. The van der Waals surface area contributed by atoms with E-state index in [-0.39, 0.29) is 25.2 Å². The van der Waals surface area contributed by atoms with Crippen LogP contribution < -0.4 is 0 Å². The van der Waals surface area contributed by atoms with Gasteiger partial charge in [-0.15, -0.1) is 0 Å². The lowest BCUT2D eigenvalue weighted by Gasteiger charge is -2.15. The van der Waals surface area contributed by atoms with E-state index in [0.29, 0.717) is 12.8 Å². The van der Waals surface area contributed by atoms with E-state index in [4.69, 9.17) is 9.47 Å². The molecule has 0 aliphatic rings. The molecule has 0 saturated carbocycles. The monoisotopic (exact) mass is 697 g/mol. The van der Waals surface area contributed by atoms with Crippen LogP contribution in [0.5, 0.6) is 0 Å². The smallest absolute Gasteiger partial charge is 0.306 e. The fraction of sp³-hybridized carbons (Fsp3) is 0.689. The van der Waals surface area contributed by atoms with Gasteiger partial charge in [-0.2, -0.15) is 0 Å². The number of carbonyl (C=O) groups excluding carboxylic acids is 2. The van der Waals surface area contributed by atoms with Gasteiger partial charge >= 0.3 is 11.9 Å². The Morgan fingerprint density at radius 1 is 0.460 bits per heavy atom. The first kappa shape index (κ1) is 47.3. The first-order valence-corrected chi connectivity index (χ1v) is 20.5. The highest BCUT2D eigenvalue weighted by Crippen LogP contribution is 2.12. The quantitative estimate of drug-likeness (QED) is 0.0401. The zero-order valence-corrected chi connectivity index (χ0v) is 32.4. The van der Waals surface area contributed by atoms with Crippen molar-refractivity contribution in [1.29, 1.82) is 0 Å². The summed E-state index contributed by atoms with van der Waals surface area (Å²) in [6, 6.07) is 0. The summed E-state index contributed by atoms with van der Waals surface area (Å²) in [5, 5.41) is 9.56. The fourth-order valence-electron chi connectivity index (χ4n) is 5.33. The van der Waals surface area contributed by atoms with Crippen molar-refractivity contribution in [2.24, 2.45) is 0 Å². The second-order valence-corrected chi connectivity index (χ2v) is 13.4. The summed E-state index contributed by atoms with van der Waals surface area (Å²) >= 11 is 0. The third kappa shape index (κ3) is 38.1. The molecule has 50 heavy (non-hydrogen) atoms. The Balaban J connectivity index is 3.66. The molecule has 0 aromatic carbocycles. The number of unbranched alkanes of at least 4 members (excludes halogenated alkanes) is 16. The van der Waals surface area contributed by atoms with E-state index in [9.17, 15) is 14.7 Å². The minimum atomic E-state index is -0.794. The summed E-state index contributed by atoms with van der Waals surface area (Å²) in [5.41, 5.74) is 0. The van der Waals surface area contributed by atoms with Gasteiger partial charge in [0, 0.05) is 12.8 Å². The summed E-state index contributed by atoms with van der Waals surface area (Å²) in [5.74, 6) is -0.641. The molecule has 0 unspecified atom stereocenters. The summed E-state index contributed by atoms with van der Waals surface area (Å²) in [4.78, 5) is 24.3. The lowest BCUT2D eigenvalue weighted by atomic mass is 10.1. The normalized spacial score (nSPS) is 12.9. The topological polar surface area (TPSA) is 72.8 Å². The van der Waals surface area contributed by atoms with Gasteiger partial charge in [-0.1, -0.05) is 151 Å². The van der Waals surface area contributed by atoms with Crippen molar-refractivity contribution in [3.8, 4) is 0 Å². The molecule has 1 N–H and O–H groups in total. The summed E-state index contributed by atoms with van der Waals surface area (Å²) in [6.45, 7) is 4.04. The number of esters is 2. The van der Waals surface area contributed by atoms with Crippen molar-refractivity contribution < 1.29 is 24.2 Å². The number of ether oxygens (including phenoxy) is 2. The maximum Gasteiger partial charge on any atom is 0.306 e. The predicted octanol–water partition coefficient (Wildman–Crippen LogP) is 13.0. The molecule has 0 fully saturated rings. The van der Waals surface area contributed by atoms with Crippen LogP contribution >= 0.6 is 0 Å². The van der Waals surface area contributed by atoms with E-state index in [0.717, 1.165) is 77.0 Å². The van der Waals surface area contributed by atoms with Crippen LogP contribution in [0.15, 0.2) is 72.9 Å². The van der Waals surface area contributed by atoms with Crippen LogP contribution in [0, 0.1) is 0 Å². The van der Waals surface area contributed by atoms with E-state index < -0.39 is 6.10 Å². The molecular weight excluding hydrogens is 620 g/mol. The van der Waals surface area contributed by atoms with Gasteiger partial charge in [0.05, 0.1) is 6.61 Å². The van der Waals surface area contributed by atoms with Crippen molar-refractivity contribution in [3.63, 3.8) is 0 Å². The number of aliphatic hydroxyl groups excluding tert-OH is 1. The Hall–Kier alpha value is -2.66. The van der Waals surface area contributed by atoms with Gasteiger partial charge in [-0.05, 0) is 89.9 Å². The molecule has 0 heterocycles. The van der Waals surface area contributed by atoms with Crippen LogP contribution in [0.4, 0.5) is 0 Å².